The van der Waals surface area contributed by atoms with Crippen LogP contribution >= 0.6 is 23.2 Å². The number of halogens is 2. The number of hydrogen-bond acceptors (Lipinski definition) is 6. The summed E-state index contributed by atoms with van der Waals surface area (Å²) in [6.45, 7) is 1.63. The Hall–Kier alpha value is -2.90. The molecule has 0 aliphatic carbocycles. The molecule has 0 saturated heterocycles. The third kappa shape index (κ3) is 4.01. The Morgan fingerprint density at radius 2 is 2.04 bits per heavy atom. The van der Waals surface area contributed by atoms with E-state index in [4.69, 9.17) is 32.6 Å². The van der Waals surface area contributed by atoms with Gasteiger partial charge in [0, 0.05) is 23.5 Å². The normalized spacial score (nSPS) is 10.9. The van der Waals surface area contributed by atoms with Gasteiger partial charge in [-0.05, 0) is 25.1 Å². The van der Waals surface area contributed by atoms with Crippen LogP contribution in [0.4, 0.5) is 10.5 Å². The molecule has 3 aromatic rings. The average molecular weight is 391 g/mol. The number of aryl methyl sites for hydroxylation is 1. The molecule has 0 radical (unpaired) electrons. The Balaban J connectivity index is 1.77. The minimum atomic E-state index is -0.819. The van der Waals surface area contributed by atoms with E-state index in [1.165, 1.54) is 6.21 Å². The zero-order valence-corrected chi connectivity index (χ0v) is 15.0. The van der Waals surface area contributed by atoms with E-state index in [9.17, 15) is 4.79 Å². The molecule has 132 valence electrons. The van der Waals surface area contributed by atoms with Gasteiger partial charge in [0.1, 0.15) is 11.4 Å². The van der Waals surface area contributed by atoms with Gasteiger partial charge in [-0.1, -0.05) is 45.6 Å². The van der Waals surface area contributed by atoms with Crippen LogP contribution in [0.15, 0.2) is 52.4 Å². The molecule has 1 N–H and O–H groups in total. The summed E-state index contributed by atoms with van der Waals surface area (Å²) in [6.07, 6.45) is 3.74. The van der Waals surface area contributed by atoms with E-state index in [0.717, 1.165) is 0 Å². The standard InChI is InChI=1S/C17H12Cl2N4O3/c1-10-15(16(23-25-10)14-12(18)5-2-6-13(14)19)22-17(24)26-21-9-11-4-3-7-20-8-11/h2-9H,1H3,(H,22,24). The maximum atomic E-state index is 12.0. The Morgan fingerprint density at radius 1 is 1.27 bits per heavy atom. The van der Waals surface area contributed by atoms with Crippen molar-refractivity contribution in [1.82, 2.24) is 10.1 Å². The number of aromatic nitrogens is 2. The van der Waals surface area contributed by atoms with Crippen molar-refractivity contribution in [2.24, 2.45) is 5.16 Å². The molecule has 0 atom stereocenters. The minimum absolute atomic E-state index is 0.293. The van der Waals surface area contributed by atoms with Crippen molar-refractivity contribution in [2.45, 2.75) is 6.92 Å². The molecule has 7 nitrogen and oxygen atoms in total. The number of nitrogens with one attached hydrogen (secondary N) is 1. The fraction of sp³-hybridized carbons (Fsp3) is 0.0588. The lowest BCUT2D eigenvalue weighted by molar-refractivity contribution is 0.167. The molecule has 3 rings (SSSR count). The summed E-state index contributed by atoms with van der Waals surface area (Å²) in [7, 11) is 0. The molecule has 1 aromatic carbocycles. The monoisotopic (exact) mass is 390 g/mol. The minimum Gasteiger partial charge on any atom is -0.359 e. The topological polar surface area (TPSA) is 89.6 Å². The number of anilines is 1. The Labute approximate surface area is 158 Å². The van der Waals surface area contributed by atoms with Crippen LogP contribution in [-0.4, -0.2) is 22.4 Å². The fourth-order valence-electron chi connectivity index (χ4n) is 2.13. The molecule has 0 fully saturated rings. The van der Waals surface area contributed by atoms with Gasteiger partial charge < -0.3 is 4.52 Å². The lowest BCUT2D eigenvalue weighted by atomic mass is 10.1. The van der Waals surface area contributed by atoms with Gasteiger partial charge in [-0.2, -0.15) is 0 Å². The van der Waals surface area contributed by atoms with Crippen LogP contribution in [0.1, 0.15) is 11.3 Å². The first-order valence-electron chi connectivity index (χ1n) is 7.38. The first-order chi connectivity index (χ1) is 12.6. The van der Waals surface area contributed by atoms with E-state index in [-0.39, 0.29) is 0 Å². The highest BCUT2D eigenvalue weighted by Gasteiger charge is 2.21. The molecule has 26 heavy (non-hydrogen) atoms. The Kier molecular flexibility index (Phi) is 5.50. The predicted octanol–water partition coefficient (Wildman–Crippen LogP) is 4.93. The summed E-state index contributed by atoms with van der Waals surface area (Å²) < 4.78 is 5.15. The molecule has 0 saturated carbocycles. The van der Waals surface area contributed by atoms with Crippen molar-refractivity contribution in [2.75, 3.05) is 5.32 Å². The van der Waals surface area contributed by atoms with Crippen LogP contribution in [0.3, 0.4) is 0 Å². The second kappa shape index (κ2) is 7.99. The van der Waals surface area contributed by atoms with Crippen molar-refractivity contribution in [3.63, 3.8) is 0 Å². The summed E-state index contributed by atoms with van der Waals surface area (Å²) in [5.41, 5.74) is 1.72. The van der Waals surface area contributed by atoms with Crippen molar-refractivity contribution in [3.05, 3.63) is 64.1 Å². The van der Waals surface area contributed by atoms with Crippen LogP contribution in [0.2, 0.25) is 10.0 Å². The van der Waals surface area contributed by atoms with Crippen molar-refractivity contribution >= 4 is 41.2 Å². The summed E-state index contributed by atoms with van der Waals surface area (Å²) in [5, 5.41) is 10.8. The number of rotatable bonds is 4. The van der Waals surface area contributed by atoms with Gasteiger partial charge in [0.2, 0.25) is 0 Å². The van der Waals surface area contributed by atoms with E-state index >= 15 is 0 Å². The third-order valence-corrected chi connectivity index (χ3v) is 3.94. The van der Waals surface area contributed by atoms with Gasteiger partial charge in [-0.25, -0.2) is 4.79 Å². The van der Waals surface area contributed by atoms with Crippen LogP contribution in [-0.2, 0) is 4.84 Å². The number of amides is 1. The molecule has 0 unspecified atom stereocenters. The first-order valence-corrected chi connectivity index (χ1v) is 8.14. The molecule has 2 aromatic heterocycles. The highest BCUT2D eigenvalue weighted by atomic mass is 35.5. The van der Waals surface area contributed by atoms with E-state index in [1.54, 1.807) is 49.6 Å². The number of carbonyl (C=O) groups excluding carboxylic acids is 1. The predicted molar refractivity (Wildman–Crippen MR) is 98.6 cm³/mol. The van der Waals surface area contributed by atoms with E-state index in [1.807, 2.05) is 0 Å². The zero-order chi connectivity index (χ0) is 18.5. The smallest absolute Gasteiger partial charge is 0.359 e. The largest absolute Gasteiger partial charge is 0.438 e. The van der Waals surface area contributed by atoms with Gasteiger partial charge in [0.15, 0.2) is 5.76 Å². The lowest BCUT2D eigenvalue weighted by Crippen LogP contribution is -2.12. The summed E-state index contributed by atoms with van der Waals surface area (Å²) in [4.78, 5) is 20.7. The van der Waals surface area contributed by atoms with E-state index < -0.39 is 6.09 Å². The number of benzene rings is 1. The van der Waals surface area contributed by atoms with Crippen molar-refractivity contribution in [1.29, 1.82) is 0 Å². The van der Waals surface area contributed by atoms with Gasteiger partial charge >= 0.3 is 6.09 Å². The number of oxime groups is 1. The summed E-state index contributed by atoms with van der Waals surface area (Å²) >= 11 is 12.4. The van der Waals surface area contributed by atoms with Crippen molar-refractivity contribution < 1.29 is 14.2 Å². The number of carbonyl (C=O) groups is 1. The molecule has 0 bridgehead atoms. The molecule has 9 heteroatoms. The second-order valence-corrected chi connectivity index (χ2v) is 5.90. The molecule has 0 spiro atoms. The van der Waals surface area contributed by atoms with Gasteiger partial charge in [0.05, 0.1) is 16.3 Å². The van der Waals surface area contributed by atoms with E-state index in [2.05, 4.69) is 20.6 Å². The van der Waals surface area contributed by atoms with Crippen LogP contribution < -0.4 is 5.32 Å². The second-order valence-electron chi connectivity index (χ2n) is 5.08. The first kappa shape index (κ1) is 17.9. The van der Waals surface area contributed by atoms with Gasteiger partial charge in [-0.15, -0.1) is 0 Å². The average Bonchev–Trinajstić information content (AvgIpc) is 2.96. The third-order valence-electron chi connectivity index (χ3n) is 3.31. The van der Waals surface area contributed by atoms with Gasteiger partial charge in [0.25, 0.3) is 0 Å². The van der Waals surface area contributed by atoms with E-state index in [0.29, 0.717) is 38.3 Å². The summed E-state index contributed by atoms with van der Waals surface area (Å²) in [5.74, 6) is 0.365. The number of nitrogens with zero attached hydrogens (tertiary/aromatic N) is 3. The highest BCUT2D eigenvalue weighted by molar-refractivity contribution is 6.39. The molecule has 2 heterocycles. The molecule has 1 amide bonds. The van der Waals surface area contributed by atoms with Gasteiger partial charge in [-0.3, -0.25) is 15.1 Å². The fourth-order valence-corrected chi connectivity index (χ4v) is 2.70. The quantitative estimate of drug-likeness (QED) is 0.387. The van der Waals surface area contributed by atoms with Crippen LogP contribution in [0.25, 0.3) is 11.3 Å². The molecule has 0 aliphatic heterocycles. The van der Waals surface area contributed by atoms with Crippen molar-refractivity contribution in [3.8, 4) is 11.3 Å². The maximum absolute atomic E-state index is 12.0. The highest BCUT2D eigenvalue weighted by Crippen LogP contribution is 2.39. The SMILES string of the molecule is Cc1onc(-c2c(Cl)cccc2Cl)c1NC(=O)ON=Cc1cccnc1. The Bertz CT molecular complexity index is 938. The lowest BCUT2D eigenvalue weighted by Gasteiger charge is -2.07. The number of hydrogen-bond donors (Lipinski definition) is 1. The summed E-state index contributed by atoms with van der Waals surface area (Å²) in [6, 6.07) is 8.52. The Morgan fingerprint density at radius 3 is 2.73 bits per heavy atom. The van der Waals surface area contributed by atoms with Crippen LogP contribution in [0, 0.1) is 6.92 Å². The molecule has 0 aliphatic rings. The molecular formula is C17H12Cl2N4O3. The maximum Gasteiger partial charge on any atom is 0.438 e. The molecular weight excluding hydrogens is 379 g/mol. The van der Waals surface area contributed by atoms with Crippen LogP contribution in [0.5, 0.6) is 0 Å². The zero-order valence-electron chi connectivity index (χ0n) is 13.4. The number of pyridine rings is 1.